The van der Waals surface area contributed by atoms with Crippen LogP contribution in [0.5, 0.6) is 0 Å². The van der Waals surface area contributed by atoms with Crippen LogP contribution in [0.3, 0.4) is 0 Å². The maximum atomic E-state index is 12.2. The standard InChI is InChI=1S/C19H18ClN3O2/c1-11-18-14(9-10-20)13-5-3-4-6-15(13)22(18)12(2)21-19(11)23-16(24)7-8-17(23)25/h3-6H,7-10H2,1-2H3. The lowest BCUT2D eigenvalue weighted by Gasteiger charge is -2.18. The molecule has 1 fully saturated rings. The predicted octanol–water partition coefficient (Wildman–Crippen LogP) is 3.54. The summed E-state index contributed by atoms with van der Waals surface area (Å²) in [6.07, 6.45) is 1.22. The Morgan fingerprint density at radius 2 is 1.80 bits per heavy atom. The van der Waals surface area contributed by atoms with Crippen molar-refractivity contribution in [2.24, 2.45) is 0 Å². The molecule has 3 aromatic rings. The monoisotopic (exact) mass is 355 g/mol. The van der Waals surface area contributed by atoms with Gasteiger partial charge in [0.15, 0.2) is 0 Å². The summed E-state index contributed by atoms with van der Waals surface area (Å²) in [5, 5.41) is 1.13. The summed E-state index contributed by atoms with van der Waals surface area (Å²) in [7, 11) is 0. The van der Waals surface area contributed by atoms with Gasteiger partial charge in [0.2, 0.25) is 11.8 Å². The van der Waals surface area contributed by atoms with Crippen LogP contribution >= 0.6 is 11.6 Å². The van der Waals surface area contributed by atoms with E-state index in [-0.39, 0.29) is 24.7 Å². The highest BCUT2D eigenvalue weighted by molar-refractivity contribution is 6.20. The molecule has 0 spiro atoms. The fourth-order valence-electron chi connectivity index (χ4n) is 3.81. The first-order valence-electron chi connectivity index (χ1n) is 8.35. The number of fused-ring (bicyclic) bond motifs is 3. The van der Waals surface area contributed by atoms with E-state index in [0.29, 0.717) is 18.1 Å². The summed E-state index contributed by atoms with van der Waals surface area (Å²) in [6, 6.07) is 8.14. The van der Waals surface area contributed by atoms with Gasteiger partial charge in [0, 0.05) is 29.7 Å². The molecule has 25 heavy (non-hydrogen) atoms. The quantitative estimate of drug-likeness (QED) is 0.533. The van der Waals surface area contributed by atoms with Gasteiger partial charge in [0.05, 0.1) is 11.0 Å². The third-order valence-corrected chi connectivity index (χ3v) is 5.06. The molecule has 0 unspecified atom stereocenters. The van der Waals surface area contributed by atoms with E-state index < -0.39 is 0 Å². The van der Waals surface area contributed by atoms with Crippen molar-refractivity contribution in [3.05, 3.63) is 41.2 Å². The molecule has 0 atom stereocenters. The number of carbonyl (C=O) groups is 2. The minimum Gasteiger partial charge on any atom is -0.297 e. The van der Waals surface area contributed by atoms with E-state index in [4.69, 9.17) is 11.6 Å². The van der Waals surface area contributed by atoms with E-state index in [1.54, 1.807) is 0 Å². The Bertz CT molecular complexity index is 1020. The zero-order valence-electron chi connectivity index (χ0n) is 14.2. The molecule has 0 aliphatic carbocycles. The van der Waals surface area contributed by atoms with Crippen LogP contribution in [-0.2, 0) is 16.0 Å². The average Bonchev–Trinajstić information content (AvgIpc) is 3.10. The van der Waals surface area contributed by atoms with E-state index >= 15 is 0 Å². The third-order valence-electron chi connectivity index (χ3n) is 4.87. The van der Waals surface area contributed by atoms with Crippen LogP contribution in [0.15, 0.2) is 24.3 Å². The molecular weight excluding hydrogens is 338 g/mol. The molecule has 2 amide bonds. The summed E-state index contributed by atoms with van der Waals surface area (Å²) < 4.78 is 2.10. The van der Waals surface area contributed by atoms with Crippen LogP contribution < -0.4 is 4.90 Å². The Labute approximate surface area is 150 Å². The van der Waals surface area contributed by atoms with E-state index in [2.05, 4.69) is 21.5 Å². The van der Waals surface area contributed by atoms with Gasteiger partial charge in [-0.15, -0.1) is 11.6 Å². The Morgan fingerprint density at radius 1 is 1.12 bits per heavy atom. The van der Waals surface area contributed by atoms with Crippen molar-refractivity contribution in [1.29, 1.82) is 0 Å². The fourth-order valence-corrected chi connectivity index (χ4v) is 4.00. The number of aromatic nitrogens is 2. The maximum Gasteiger partial charge on any atom is 0.235 e. The zero-order valence-corrected chi connectivity index (χ0v) is 14.9. The maximum absolute atomic E-state index is 12.2. The summed E-state index contributed by atoms with van der Waals surface area (Å²) in [5.74, 6) is 1.34. The zero-order chi connectivity index (χ0) is 17.7. The first-order chi connectivity index (χ1) is 12.0. The Morgan fingerprint density at radius 3 is 2.48 bits per heavy atom. The molecule has 1 aromatic carbocycles. The summed E-state index contributed by atoms with van der Waals surface area (Å²) in [6.45, 7) is 3.82. The van der Waals surface area contributed by atoms with Gasteiger partial charge in [0.25, 0.3) is 0 Å². The van der Waals surface area contributed by atoms with E-state index in [1.165, 1.54) is 4.90 Å². The molecule has 2 aromatic heterocycles. The number of hydrogen-bond donors (Lipinski definition) is 0. The molecule has 1 aliphatic heterocycles. The number of alkyl halides is 1. The molecule has 0 saturated carbocycles. The number of carbonyl (C=O) groups excluding carboxylic acids is 2. The molecule has 1 aliphatic rings. The van der Waals surface area contributed by atoms with Crippen molar-refractivity contribution in [1.82, 2.24) is 9.38 Å². The van der Waals surface area contributed by atoms with Gasteiger partial charge in [-0.2, -0.15) is 0 Å². The summed E-state index contributed by atoms with van der Waals surface area (Å²) in [5.41, 5.74) is 4.03. The van der Waals surface area contributed by atoms with Gasteiger partial charge in [-0.05, 0) is 31.9 Å². The molecule has 0 bridgehead atoms. The van der Waals surface area contributed by atoms with E-state index in [0.717, 1.165) is 33.4 Å². The molecule has 0 radical (unpaired) electrons. The SMILES string of the molecule is Cc1c(N2C(=O)CCC2=O)nc(C)n2c1c(CCCl)c1ccccc12. The van der Waals surface area contributed by atoms with Crippen molar-refractivity contribution in [2.75, 3.05) is 10.8 Å². The smallest absolute Gasteiger partial charge is 0.235 e. The van der Waals surface area contributed by atoms with Gasteiger partial charge < -0.3 is 0 Å². The molecule has 6 heteroatoms. The highest BCUT2D eigenvalue weighted by Gasteiger charge is 2.33. The Balaban J connectivity index is 2.11. The van der Waals surface area contributed by atoms with Crippen LogP contribution in [0.4, 0.5) is 5.82 Å². The van der Waals surface area contributed by atoms with Crippen LogP contribution in [0, 0.1) is 13.8 Å². The lowest BCUT2D eigenvalue weighted by atomic mass is 10.1. The number of benzene rings is 1. The Hall–Kier alpha value is -2.40. The molecular formula is C19H18ClN3O2. The third kappa shape index (κ3) is 2.26. The van der Waals surface area contributed by atoms with Gasteiger partial charge in [0.1, 0.15) is 11.6 Å². The number of halogens is 1. The van der Waals surface area contributed by atoms with Crippen molar-refractivity contribution in [2.45, 2.75) is 33.1 Å². The molecule has 4 rings (SSSR count). The number of para-hydroxylation sites is 1. The second-order valence-electron chi connectivity index (χ2n) is 6.35. The summed E-state index contributed by atoms with van der Waals surface area (Å²) in [4.78, 5) is 30.3. The fraction of sp³-hybridized carbons (Fsp3) is 0.316. The molecule has 3 heterocycles. The lowest BCUT2D eigenvalue weighted by molar-refractivity contribution is -0.121. The first kappa shape index (κ1) is 16.1. The number of imide groups is 1. The van der Waals surface area contributed by atoms with Crippen molar-refractivity contribution in [3.8, 4) is 0 Å². The van der Waals surface area contributed by atoms with Crippen LogP contribution in [0.1, 0.15) is 29.8 Å². The van der Waals surface area contributed by atoms with E-state index in [9.17, 15) is 9.59 Å². The van der Waals surface area contributed by atoms with Crippen LogP contribution in [0.25, 0.3) is 16.4 Å². The lowest BCUT2D eigenvalue weighted by Crippen LogP contribution is -2.30. The number of nitrogens with zero attached hydrogens (tertiary/aromatic N) is 3. The second-order valence-corrected chi connectivity index (χ2v) is 6.73. The Kier molecular flexibility index (Phi) is 3.76. The average molecular weight is 356 g/mol. The largest absolute Gasteiger partial charge is 0.297 e. The highest BCUT2D eigenvalue weighted by Crippen LogP contribution is 2.35. The number of anilines is 1. The minimum absolute atomic E-state index is 0.181. The topological polar surface area (TPSA) is 54.7 Å². The van der Waals surface area contributed by atoms with Gasteiger partial charge >= 0.3 is 0 Å². The minimum atomic E-state index is -0.181. The second kappa shape index (κ2) is 5.85. The number of aryl methyl sites for hydroxylation is 3. The molecule has 128 valence electrons. The first-order valence-corrected chi connectivity index (χ1v) is 8.89. The summed E-state index contributed by atoms with van der Waals surface area (Å²) >= 11 is 6.06. The van der Waals surface area contributed by atoms with Gasteiger partial charge in [-0.3, -0.25) is 14.0 Å². The van der Waals surface area contributed by atoms with Crippen molar-refractivity contribution >= 4 is 45.7 Å². The molecule has 1 saturated heterocycles. The predicted molar refractivity (Wildman–Crippen MR) is 98.3 cm³/mol. The van der Waals surface area contributed by atoms with Gasteiger partial charge in [-0.25, -0.2) is 9.88 Å². The van der Waals surface area contributed by atoms with Gasteiger partial charge in [-0.1, -0.05) is 18.2 Å². The number of amides is 2. The van der Waals surface area contributed by atoms with Crippen molar-refractivity contribution < 1.29 is 9.59 Å². The number of rotatable bonds is 3. The van der Waals surface area contributed by atoms with E-state index in [1.807, 2.05) is 26.0 Å². The molecule has 5 nitrogen and oxygen atoms in total. The highest BCUT2D eigenvalue weighted by atomic mass is 35.5. The van der Waals surface area contributed by atoms with Crippen LogP contribution in [-0.4, -0.2) is 27.1 Å². The normalized spacial score (nSPS) is 15.1. The molecule has 0 N–H and O–H groups in total. The number of hydrogen-bond acceptors (Lipinski definition) is 3. The van der Waals surface area contributed by atoms with Crippen molar-refractivity contribution in [3.63, 3.8) is 0 Å². The van der Waals surface area contributed by atoms with Crippen LogP contribution in [0.2, 0.25) is 0 Å².